The molecule has 2 heterocycles. The summed E-state index contributed by atoms with van der Waals surface area (Å²) in [6, 6.07) is 10.1. The predicted octanol–water partition coefficient (Wildman–Crippen LogP) is 3.86. The number of rotatable bonds is 8. The molecule has 1 spiro atoms. The molecule has 172 valence electrons. The molecule has 0 radical (unpaired) electrons. The Balaban J connectivity index is 1.65. The summed E-state index contributed by atoms with van der Waals surface area (Å²) >= 11 is 0. The van der Waals surface area contributed by atoms with Gasteiger partial charge in [0, 0.05) is 24.7 Å². The van der Waals surface area contributed by atoms with Gasteiger partial charge in [-0.05, 0) is 24.8 Å². The summed E-state index contributed by atoms with van der Waals surface area (Å²) in [5.74, 6) is -2.08. The van der Waals surface area contributed by atoms with Gasteiger partial charge in [-0.3, -0.25) is 0 Å². The minimum Gasteiger partial charge on any atom is -0.491 e. The number of benzene rings is 1. The molecular formula is C24H30N2O6. The van der Waals surface area contributed by atoms with Crippen LogP contribution in [-0.2, 0) is 21.3 Å². The lowest BCUT2D eigenvalue weighted by molar-refractivity contribution is -0.185. The summed E-state index contributed by atoms with van der Waals surface area (Å²) in [4.78, 5) is 20.4. The maximum Gasteiger partial charge on any atom is 0.358 e. The molecule has 8 nitrogen and oxygen atoms in total. The Morgan fingerprint density at radius 1 is 1.09 bits per heavy atom. The number of carbonyl (C=O) groups is 1. The second kappa shape index (κ2) is 9.42. The Kier molecular flexibility index (Phi) is 6.62. The molecule has 0 bridgehead atoms. The van der Waals surface area contributed by atoms with Crippen molar-refractivity contribution in [1.29, 1.82) is 0 Å². The average molecular weight is 443 g/mol. The molecule has 0 atom stereocenters. The lowest BCUT2D eigenvalue weighted by atomic mass is 9.65. The predicted molar refractivity (Wildman–Crippen MR) is 116 cm³/mol. The summed E-state index contributed by atoms with van der Waals surface area (Å²) in [5.41, 5.74) is 0.520. The number of hydrogen-bond donors (Lipinski definition) is 2. The van der Waals surface area contributed by atoms with Gasteiger partial charge >= 0.3 is 5.97 Å². The van der Waals surface area contributed by atoms with Gasteiger partial charge in [0.25, 0.3) is 5.88 Å². The first-order chi connectivity index (χ1) is 15.5. The molecule has 2 fully saturated rings. The molecule has 8 heteroatoms. The van der Waals surface area contributed by atoms with E-state index in [4.69, 9.17) is 14.2 Å². The van der Waals surface area contributed by atoms with Crippen molar-refractivity contribution in [2.75, 3.05) is 19.8 Å². The monoisotopic (exact) mass is 442 g/mol. The first-order valence-electron chi connectivity index (χ1n) is 11.3. The zero-order valence-electron chi connectivity index (χ0n) is 18.4. The molecule has 0 unspecified atom stereocenters. The lowest BCUT2D eigenvalue weighted by Gasteiger charge is -2.44. The molecule has 1 aliphatic heterocycles. The number of ether oxygens (including phenoxy) is 3. The number of unbranched alkanes of at least 4 members (excludes halogenated alkanes) is 1. The molecule has 2 aliphatic rings. The van der Waals surface area contributed by atoms with Gasteiger partial charge in [0.1, 0.15) is 5.82 Å². The van der Waals surface area contributed by atoms with Gasteiger partial charge in [-0.15, -0.1) is 0 Å². The van der Waals surface area contributed by atoms with Crippen LogP contribution in [0.25, 0.3) is 0 Å². The van der Waals surface area contributed by atoms with Crippen molar-refractivity contribution in [2.24, 2.45) is 0 Å². The van der Waals surface area contributed by atoms with Crippen LogP contribution in [0.3, 0.4) is 0 Å². The number of carboxylic acid groups (broad SMARTS) is 1. The fraction of sp³-hybridized carbons (Fsp3) is 0.542. The number of hydrogen-bond acceptors (Lipinski definition) is 7. The molecule has 1 aromatic carbocycles. The molecule has 2 N–H and O–H groups in total. The molecule has 1 aromatic heterocycles. The second-order valence-electron chi connectivity index (χ2n) is 8.58. The van der Waals surface area contributed by atoms with Crippen LogP contribution in [-0.4, -0.2) is 51.8 Å². The van der Waals surface area contributed by atoms with Crippen LogP contribution in [0.2, 0.25) is 0 Å². The van der Waals surface area contributed by atoms with Crippen molar-refractivity contribution < 1.29 is 29.2 Å². The van der Waals surface area contributed by atoms with Gasteiger partial charge in [0.15, 0.2) is 11.5 Å². The zero-order chi connectivity index (χ0) is 22.6. The fourth-order valence-electron chi connectivity index (χ4n) is 4.72. The van der Waals surface area contributed by atoms with Crippen molar-refractivity contribution in [2.45, 2.75) is 63.1 Å². The summed E-state index contributed by atoms with van der Waals surface area (Å²) < 4.78 is 17.3. The van der Waals surface area contributed by atoms with Crippen molar-refractivity contribution in [3.63, 3.8) is 0 Å². The summed E-state index contributed by atoms with van der Waals surface area (Å²) in [6.45, 7) is 3.51. The van der Waals surface area contributed by atoms with E-state index >= 15 is 0 Å². The molecule has 1 saturated carbocycles. The van der Waals surface area contributed by atoms with Gasteiger partial charge in [-0.1, -0.05) is 43.7 Å². The lowest BCUT2D eigenvalue weighted by Crippen LogP contribution is -2.43. The first-order valence-corrected chi connectivity index (χ1v) is 11.3. The highest BCUT2D eigenvalue weighted by molar-refractivity contribution is 5.89. The van der Waals surface area contributed by atoms with Crippen molar-refractivity contribution in [1.82, 2.24) is 9.97 Å². The topological polar surface area (TPSA) is 111 Å². The maximum absolute atomic E-state index is 11.9. The Labute approximate surface area is 187 Å². The minimum absolute atomic E-state index is 0.168. The highest BCUT2D eigenvalue weighted by Gasteiger charge is 2.47. The van der Waals surface area contributed by atoms with Crippen LogP contribution < -0.4 is 4.74 Å². The minimum atomic E-state index is -1.25. The van der Waals surface area contributed by atoms with E-state index in [-0.39, 0.29) is 22.7 Å². The van der Waals surface area contributed by atoms with Crippen LogP contribution in [0.4, 0.5) is 0 Å². The summed E-state index contributed by atoms with van der Waals surface area (Å²) in [6.07, 6.45) is 5.04. The smallest absolute Gasteiger partial charge is 0.358 e. The normalized spacial score (nSPS) is 19.2. The molecule has 2 aromatic rings. The number of aromatic carboxylic acids is 1. The Bertz CT molecular complexity index is 933. The van der Waals surface area contributed by atoms with Gasteiger partial charge in [-0.2, -0.15) is 4.98 Å². The molecular weight excluding hydrogens is 412 g/mol. The highest BCUT2D eigenvalue weighted by Crippen LogP contribution is 2.48. The van der Waals surface area contributed by atoms with E-state index in [1.807, 2.05) is 25.1 Å². The Hall–Kier alpha value is -2.71. The van der Waals surface area contributed by atoms with E-state index in [9.17, 15) is 15.0 Å². The van der Waals surface area contributed by atoms with Gasteiger partial charge < -0.3 is 24.4 Å². The quantitative estimate of drug-likeness (QED) is 0.593. The third kappa shape index (κ3) is 4.56. The third-order valence-electron chi connectivity index (χ3n) is 6.51. The van der Waals surface area contributed by atoms with E-state index in [0.717, 1.165) is 44.1 Å². The summed E-state index contributed by atoms with van der Waals surface area (Å²) in [7, 11) is 0. The van der Waals surface area contributed by atoms with Crippen LogP contribution >= 0.6 is 0 Å². The van der Waals surface area contributed by atoms with Gasteiger partial charge in [0.05, 0.1) is 19.8 Å². The maximum atomic E-state index is 11.9. The van der Waals surface area contributed by atoms with Gasteiger partial charge in [0.2, 0.25) is 5.75 Å². The molecule has 4 rings (SSSR count). The highest BCUT2D eigenvalue weighted by atomic mass is 16.7. The van der Waals surface area contributed by atoms with E-state index in [1.54, 1.807) is 0 Å². The third-order valence-corrected chi connectivity index (χ3v) is 6.51. The number of carboxylic acids is 1. The average Bonchev–Trinajstić information content (AvgIpc) is 3.26. The van der Waals surface area contributed by atoms with E-state index < -0.39 is 17.6 Å². The van der Waals surface area contributed by atoms with Crippen molar-refractivity contribution in [3.05, 3.63) is 47.4 Å². The van der Waals surface area contributed by atoms with Crippen LogP contribution in [0.1, 0.15) is 67.3 Å². The first kappa shape index (κ1) is 22.5. The SMILES string of the molecule is CCCCOc1c(O)nc(CC2(c3ccccc3)CCC3(CC2)OCCO3)nc1C(=O)O. The van der Waals surface area contributed by atoms with Crippen LogP contribution in [0.15, 0.2) is 30.3 Å². The molecule has 0 amide bonds. The number of aromatic hydroxyl groups is 1. The largest absolute Gasteiger partial charge is 0.491 e. The molecule has 1 aliphatic carbocycles. The standard InChI is InChI=1S/C24H30N2O6/c1-2-3-13-30-20-19(22(28)29)25-18(26-21(20)27)16-23(17-7-5-4-6-8-17)9-11-24(12-10-23)31-14-15-32-24/h4-8H,2-3,9-16H2,1H3,(H,28,29)(H,25,26,27). The van der Waals surface area contributed by atoms with Crippen LogP contribution in [0.5, 0.6) is 11.6 Å². The van der Waals surface area contributed by atoms with E-state index in [2.05, 4.69) is 22.1 Å². The van der Waals surface area contributed by atoms with Crippen molar-refractivity contribution in [3.8, 4) is 11.6 Å². The van der Waals surface area contributed by atoms with Gasteiger partial charge in [-0.25, -0.2) is 9.78 Å². The number of aromatic nitrogens is 2. The Morgan fingerprint density at radius 3 is 2.41 bits per heavy atom. The Morgan fingerprint density at radius 2 is 1.78 bits per heavy atom. The molecule has 32 heavy (non-hydrogen) atoms. The number of nitrogens with zero attached hydrogens (tertiary/aromatic N) is 2. The fourth-order valence-corrected chi connectivity index (χ4v) is 4.72. The van der Waals surface area contributed by atoms with E-state index in [1.165, 1.54) is 0 Å². The molecule has 1 saturated heterocycles. The second-order valence-corrected chi connectivity index (χ2v) is 8.58. The zero-order valence-corrected chi connectivity index (χ0v) is 18.4. The van der Waals surface area contributed by atoms with Crippen LogP contribution in [0, 0.1) is 0 Å². The van der Waals surface area contributed by atoms with E-state index in [0.29, 0.717) is 26.2 Å². The van der Waals surface area contributed by atoms with Crippen molar-refractivity contribution >= 4 is 5.97 Å². The summed E-state index contributed by atoms with van der Waals surface area (Å²) in [5, 5.41) is 20.2.